The van der Waals surface area contributed by atoms with Crippen molar-refractivity contribution in [2.45, 2.75) is 38.5 Å². The maximum Gasteiger partial charge on any atom is 0.185 e. The zero-order valence-corrected chi connectivity index (χ0v) is 9.05. The van der Waals surface area contributed by atoms with Gasteiger partial charge in [0.05, 0.1) is 0 Å². The highest BCUT2D eigenvalue weighted by molar-refractivity contribution is 7.03. The van der Waals surface area contributed by atoms with E-state index in [-0.39, 0.29) is 11.7 Å². The molecule has 0 amide bonds. The third-order valence-electron chi connectivity index (χ3n) is 2.92. The van der Waals surface area contributed by atoms with Gasteiger partial charge in [-0.05, 0) is 30.4 Å². The van der Waals surface area contributed by atoms with Crippen molar-refractivity contribution in [3.05, 3.63) is 17.1 Å². The van der Waals surface area contributed by atoms with Crippen molar-refractivity contribution in [2.24, 2.45) is 5.92 Å². The van der Waals surface area contributed by atoms with Crippen molar-refractivity contribution in [1.29, 1.82) is 0 Å². The van der Waals surface area contributed by atoms with Crippen LogP contribution in [0.4, 0.5) is 0 Å². The zero-order valence-electron chi connectivity index (χ0n) is 8.24. The lowest BCUT2D eigenvalue weighted by Gasteiger charge is -2.09. The predicted molar refractivity (Wildman–Crippen MR) is 57.6 cm³/mol. The first-order chi connectivity index (χ1) is 6.88. The second-order valence-electron chi connectivity index (χ2n) is 3.94. The van der Waals surface area contributed by atoms with E-state index >= 15 is 0 Å². The van der Waals surface area contributed by atoms with Gasteiger partial charge in [0, 0.05) is 11.3 Å². The van der Waals surface area contributed by atoms with Gasteiger partial charge in [-0.3, -0.25) is 4.79 Å². The first-order valence-corrected chi connectivity index (χ1v) is 6.16. The number of aromatic nitrogens is 1. The molecule has 0 atom stereocenters. The highest BCUT2D eigenvalue weighted by Gasteiger charge is 2.22. The van der Waals surface area contributed by atoms with Crippen LogP contribution in [0.1, 0.15) is 49.0 Å². The fourth-order valence-corrected chi connectivity index (χ4v) is 2.61. The number of Topliss-reactive ketones (excluding diaryl/α,β-unsaturated/α-hetero) is 1. The summed E-state index contributed by atoms with van der Waals surface area (Å²) in [5.74, 6) is 0.521. The lowest BCUT2D eigenvalue weighted by atomic mass is 9.94. The number of carbonyl (C=O) groups is 1. The highest BCUT2D eigenvalue weighted by Crippen LogP contribution is 2.25. The summed E-state index contributed by atoms with van der Waals surface area (Å²) in [6.07, 6.45) is 7.13. The van der Waals surface area contributed by atoms with Crippen LogP contribution in [-0.4, -0.2) is 10.2 Å². The van der Waals surface area contributed by atoms with E-state index in [0.29, 0.717) is 5.69 Å². The van der Waals surface area contributed by atoms with Gasteiger partial charge in [-0.2, -0.15) is 4.37 Å². The van der Waals surface area contributed by atoms with Crippen LogP contribution in [-0.2, 0) is 0 Å². The van der Waals surface area contributed by atoms with Gasteiger partial charge >= 0.3 is 0 Å². The largest absolute Gasteiger partial charge is 0.292 e. The number of nitrogens with zero attached hydrogens (tertiary/aromatic N) is 1. The molecule has 0 spiro atoms. The molecule has 1 saturated carbocycles. The van der Waals surface area contributed by atoms with Crippen LogP contribution in [0.3, 0.4) is 0 Å². The van der Waals surface area contributed by atoms with Crippen molar-refractivity contribution in [2.75, 3.05) is 0 Å². The second kappa shape index (κ2) is 4.69. The van der Waals surface area contributed by atoms with Crippen LogP contribution in [0.25, 0.3) is 0 Å². The molecule has 2 rings (SSSR count). The van der Waals surface area contributed by atoms with Gasteiger partial charge in [-0.25, -0.2) is 0 Å². The summed E-state index contributed by atoms with van der Waals surface area (Å²) in [6, 6.07) is 1.85. The van der Waals surface area contributed by atoms with E-state index in [2.05, 4.69) is 4.37 Å². The number of hydrogen-bond donors (Lipinski definition) is 0. The van der Waals surface area contributed by atoms with E-state index in [0.717, 1.165) is 12.8 Å². The number of carbonyl (C=O) groups excluding carboxylic acids is 1. The van der Waals surface area contributed by atoms with E-state index in [1.165, 1.54) is 37.2 Å². The van der Waals surface area contributed by atoms with E-state index in [1.807, 2.05) is 11.4 Å². The number of rotatable bonds is 2. The minimum Gasteiger partial charge on any atom is -0.292 e. The summed E-state index contributed by atoms with van der Waals surface area (Å²) in [7, 11) is 0. The van der Waals surface area contributed by atoms with E-state index in [4.69, 9.17) is 0 Å². The highest BCUT2D eigenvalue weighted by atomic mass is 32.1. The average molecular weight is 209 g/mol. The molecule has 0 bridgehead atoms. The molecule has 76 valence electrons. The standard InChI is InChI=1S/C11H15NOS/c13-11(10-7-8-14-12-10)9-5-3-1-2-4-6-9/h7-9H,1-6H2. The van der Waals surface area contributed by atoms with Crippen LogP contribution in [0.15, 0.2) is 11.4 Å². The Kier molecular flexibility index (Phi) is 3.30. The summed E-state index contributed by atoms with van der Waals surface area (Å²) in [5.41, 5.74) is 0.682. The van der Waals surface area contributed by atoms with Crippen LogP contribution >= 0.6 is 11.5 Å². The monoisotopic (exact) mass is 209 g/mol. The summed E-state index contributed by atoms with van der Waals surface area (Å²) in [6.45, 7) is 0. The summed E-state index contributed by atoms with van der Waals surface area (Å²) in [5, 5.41) is 1.88. The molecule has 1 aromatic heterocycles. The molecule has 1 aliphatic rings. The normalized spacial score (nSPS) is 19.1. The van der Waals surface area contributed by atoms with Gasteiger partial charge in [-0.1, -0.05) is 25.7 Å². The Hall–Kier alpha value is -0.700. The molecule has 3 heteroatoms. The molecule has 0 aromatic carbocycles. The third-order valence-corrected chi connectivity index (χ3v) is 3.48. The average Bonchev–Trinajstić information content (AvgIpc) is 2.59. The molecule has 14 heavy (non-hydrogen) atoms. The lowest BCUT2D eigenvalue weighted by molar-refractivity contribution is 0.0904. The molecule has 0 N–H and O–H groups in total. The molecule has 1 fully saturated rings. The lowest BCUT2D eigenvalue weighted by Crippen LogP contribution is -2.14. The topological polar surface area (TPSA) is 30.0 Å². The molecule has 0 unspecified atom stereocenters. The van der Waals surface area contributed by atoms with Gasteiger partial charge in [0.2, 0.25) is 0 Å². The van der Waals surface area contributed by atoms with Gasteiger partial charge in [0.1, 0.15) is 5.69 Å². The minimum atomic E-state index is 0.250. The summed E-state index contributed by atoms with van der Waals surface area (Å²) < 4.78 is 4.11. The van der Waals surface area contributed by atoms with E-state index < -0.39 is 0 Å². The molecular formula is C11H15NOS. The smallest absolute Gasteiger partial charge is 0.185 e. The van der Waals surface area contributed by atoms with E-state index in [9.17, 15) is 4.79 Å². The van der Waals surface area contributed by atoms with E-state index in [1.54, 1.807) is 0 Å². The Morgan fingerprint density at radius 3 is 2.57 bits per heavy atom. The van der Waals surface area contributed by atoms with Gasteiger partial charge in [0.25, 0.3) is 0 Å². The first kappa shape index (κ1) is 9.84. The Bertz CT molecular complexity index is 286. The predicted octanol–water partition coefficient (Wildman–Crippen LogP) is 3.30. The number of ketones is 1. The Morgan fingerprint density at radius 2 is 2.00 bits per heavy atom. The fraction of sp³-hybridized carbons (Fsp3) is 0.636. The molecule has 0 saturated heterocycles. The quantitative estimate of drug-likeness (QED) is 0.552. The molecular weight excluding hydrogens is 194 g/mol. The maximum absolute atomic E-state index is 12.0. The Morgan fingerprint density at radius 1 is 1.29 bits per heavy atom. The van der Waals surface area contributed by atoms with Crippen LogP contribution < -0.4 is 0 Å². The first-order valence-electron chi connectivity index (χ1n) is 5.32. The SMILES string of the molecule is O=C(c1ccsn1)C1CCCCCC1. The van der Waals surface area contributed by atoms with Crippen LogP contribution in [0, 0.1) is 5.92 Å². The molecule has 0 aliphatic heterocycles. The molecule has 1 aliphatic carbocycles. The minimum absolute atomic E-state index is 0.250. The second-order valence-corrected chi connectivity index (χ2v) is 4.60. The van der Waals surface area contributed by atoms with Gasteiger partial charge < -0.3 is 0 Å². The zero-order chi connectivity index (χ0) is 9.80. The third kappa shape index (κ3) is 2.21. The molecule has 2 nitrogen and oxygen atoms in total. The fourth-order valence-electron chi connectivity index (χ4n) is 2.09. The van der Waals surface area contributed by atoms with Crippen molar-refractivity contribution in [3.8, 4) is 0 Å². The van der Waals surface area contributed by atoms with Crippen molar-refractivity contribution >= 4 is 17.3 Å². The maximum atomic E-state index is 12.0. The summed E-state index contributed by atoms with van der Waals surface area (Å²) in [4.78, 5) is 12.0. The van der Waals surface area contributed by atoms with Crippen molar-refractivity contribution in [1.82, 2.24) is 4.37 Å². The van der Waals surface area contributed by atoms with Crippen LogP contribution in [0.5, 0.6) is 0 Å². The van der Waals surface area contributed by atoms with Gasteiger partial charge in [-0.15, -0.1) is 0 Å². The summed E-state index contributed by atoms with van der Waals surface area (Å²) >= 11 is 1.37. The van der Waals surface area contributed by atoms with Crippen LogP contribution in [0.2, 0.25) is 0 Å². The molecule has 0 radical (unpaired) electrons. The molecule has 1 heterocycles. The molecule has 1 aromatic rings. The van der Waals surface area contributed by atoms with Crippen molar-refractivity contribution < 1.29 is 4.79 Å². The Labute approximate surface area is 88.5 Å². The van der Waals surface area contributed by atoms with Crippen molar-refractivity contribution in [3.63, 3.8) is 0 Å². The van der Waals surface area contributed by atoms with Gasteiger partial charge in [0.15, 0.2) is 5.78 Å². The Balaban J connectivity index is 2.03. The number of hydrogen-bond acceptors (Lipinski definition) is 3.